The van der Waals surface area contributed by atoms with Crippen LogP contribution in [0.5, 0.6) is 0 Å². The molecule has 4 heteroatoms. The fourth-order valence-corrected chi connectivity index (χ4v) is 1.81. The molecule has 0 saturated heterocycles. The third-order valence-corrected chi connectivity index (χ3v) is 2.81. The maximum atomic E-state index is 11.4. The Kier molecular flexibility index (Phi) is 3.90. The number of aliphatic hydroxyl groups excluding tert-OH is 1. The van der Waals surface area contributed by atoms with Gasteiger partial charge >= 0.3 is 0 Å². The number of hydrogen-bond donors (Lipinski definition) is 2. The lowest BCUT2D eigenvalue weighted by molar-refractivity contribution is -0.124. The van der Waals surface area contributed by atoms with E-state index in [1.54, 1.807) is 6.92 Å². The van der Waals surface area contributed by atoms with Crippen molar-refractivity contribution in [2.75, 3.05) is 6.61 Å². The van der Waals surface area contributed by atoms with Crippen LogP contribution < -0.4 is 5.32 Å². The summed E-state index contributed by atoms with van der Waals surface area (Å²) in [4.78, 5) is 11.4. The van der Waals surface area contributed by atoms with Crippen LogP contribution in [-0.2, 0) is 4.79 Å². The molecule has 0 radical (unpaired) electrons. The van der Waals surface area contributed by atoms with Gasteiger partial charge in [-0.05, 0) is 19.8 Å². The molecule has 0 heterocycles. The molecule has 0 bridgehead atoms. The summed E-state index contributed by atoms with van der Waals surface area (Å²) in [5, 5.41) is 20.4. The Labute approximate surface area is 83.9 Å². The molecule has 1 saturated carbocycles. The average molecular weight is 196 g/mol. The number of nitrogens with one attached hydrogen (secondary N) is 1. The van der Waals surface area contributed by atoms with E-state index in [1.807, 2.05) is 6.07 Å². The van der Waals surface area contributed by atoms with E-state index in [9.17, 15) is 4.79 Å². The minimum absolute atomic E-state index is 0.0586. The lowest BCUT2D eigenvalue weighted by atomic mass is 10.0. The quantitative estimate of drug-likeness (QED) is 0.687. The number of nitrogens with zero attached hydrogens (tertiary/aromatic N) is 1. The van der Waals surface area contributed by atoms with E-state index in [1.165, 1.54) is 0 Å². The monoisotopic (exact) mass is 196 g/mol. The van der Waals surface area contributed by atoms with E-state index in [0.717, 1.165) is 19.3 Å². The highest BCUT2D eigenvalue weighted by atomic mass is 16.3. The standard InChI is InChI=1S/C10H16N2O2/c1-7(5-11)10(14)12-9-4-2-3-8(9)6-13/h7-9,13H,2-4,6H2,1H3,(H,12,14). The zero-order chi connectivity index (χ0) is 10.6. The van der Waals surface area contributed by atoms with Crippen LogP contribution in [-0.4, -0.2) is 23.7 Å². The van der Waals surface area contributed by atoms with Gasteiger partial charge in [-0.2, -0.15) is 5.26 Å². The van der Waals surface area contributed by atoms with Crippen molar-refractivity contribution in [2.45, 2.75) is 32.2 Å². The summed E-state index contributed by atoms with van der Waals surface area (Å²) in [6.07, 6.45) is 2.91. The van der Waals surface area contributed by atoms with Gasteiger partial charge in [-0.15, -0.1) is 0 Å². The molecule has 3 atom stereocenters. The number of carbonyl (C=O) groups excluding carboxylic acids is 1. The van der Waals surface area contributed by atoms with E-state index in [4.69, 9.17) is 10.4 Å². The van der Waals surface area contributed by atoms with Crippen LogP contribution in [0.4, 0.5) is 0 Å². The molecule has 4 nitrogen and oxygen atoms in total. The van der Waals surface area contributed by atoms with Crippen molar-refractivity contribution in [3.63, 3.8) is 0 Å². The van der Waals surface area contributed by atoms with Gasteiger partial charge in [0.15, 0.2) is 0 Å². The molecule has 1 rings (SSSR count). The summed E-state index contributed by atoms with van der Waals surface area (Å²) in [7, 11) is 0. The van der Waals surface area contributed by atoms with Crippen molar-refractivity contribution in [3.05, 3.63) is 0 Å². The molecule has 2 N–H and O–H groups in total. The van der Waals surface area contributed by atoms with Crippen molar-refractivity contribution in [2.24, 2.45) is 11.8 Å². The first-order valence-corrected chi connectivity index (χ1v) is 5.00. The Morgan fingerprint density at radius 1 is 1.71 bits per heavy atom. The Balaban J connectivity index is 2.44. The summed E-state index contributed by atoms with van der Waals surface area (Å²) < 4.78 is 0. The number of amides is 1. The van der Waals surface area contributed by atoms with Gasteiger partial charge in [0.05, 0.1) is 6.07 Å². The zero-order valence-electron chi connectivity index (χ0n) is 8.36. The molecule has 1 fully saturated rings. The summed E-state index contributed by atoms with van der Waals surface area (Å²) in [6.45, 7) is 1.70. The first-order chi connectivity index (χ1) is 6.69. The Hall–Kier alpha value is -1.08. The molecule has 1 aliphatic carbocycles. The number of rotatable bonds is 3. The molecule has 14 heavy (non-hydrogen) atoms. The molecule has 3 unspecified atom stereocenters. The molecule has 0 aromatic rings. The van der Waals surface area contributed by atoms with Crippen LogP contribution >= 0.6 is 0 Å². The van der Waals surface area contributed by atoms with Gasteiger partial charge in [0.1, 0.15) is 5.92 Å². The maximum Gasteiger partial charge on any atom is 0.237 e. The smallest absolute Gasteiger partial charge is 0.237 e. The van der Waals surface area contributed by atoms with Crippen molar-refractivity contribution in [1.82, 2.24) is 5.32 Å². The molecule has 1 amide bonds. The van der Waals surface area contributed by atoms with Crippen LogP contribution in [0, 0.1) is 23.2 Å². The third-order valence-electron chi connectivity index (χ3n) is 2.81. The average Bonchev–Trinajstić information content (AvgIpc) is 2.63. The number of hydrogen-bond acceptors (Lipinski definition) is 3. The zero-order valence-corrected chi connectivity index (χ0v) is 8.36. The number of nitriles is 1. The molecular weight excluding hydrogens is 180 g/mol. The van der Waals surface area contributed by atoms with E-state index in [0.29, 0.717) is 0 Å². The van der Waals surface area contributed by atoms with E-state index in [-0.39, 0.29) is 24.5 Å². The van der Waals surface area contributed by atoms with Crippen molar-refractivity contribution in [3.8, 4) is 6.07 Å². The van der Waals surface area contributed by atoms with Gasteiger partial charge in [-0.1, -0.05) is 6.42 Å². The van der Waals surface area contributed by atoms with Gasteiger partial charge in [0, 0.05) is 18.6 Å². The molecule has 78 valence electrons. The highest BCUT2D eigenvalue weighted by Crippen LogP contribution is 2.25. The Bertz CT molecular complexity index is 247. The molecule has 0 spiro atoms. The normalized spacial score (nSPS) is 28.1. The van der Waals surface area contributed by atoms with Gasteiger partial charge in [-0.25, -0.2) is 0 Å². The highest BCUT2D eigenvalue weighted by Gasteiger charge is 2.28. The summed E-state index contributed by atoms with van der Waals surface area (Å²) in [5.41, 5.74) is 0. The summed E-state index contributed by atoms with van der Waals surface area (Å²) in [5.74, 6) is -0.655. The largest absolute Gasteiger partial charge is 0.396 e. The fourth-order valence-electron chi connectivity index (χ4n) is 1.81. The van der Waals surface area contributed by atoms with Gasteiger partial charge < -0.3 is 10.4 Å². The Morgan fingerprint density at radius 3 is 3.00 bits per heavy atom. The van der Waals surface area contributed by atoms with E-state index >= 15 is 0 Å². The van der Waals surface area contributed by atoms with Gasteiger partial charge in [0.2, 0.25) is 5.91 Å². The highest BCUT2D eigenvalue weighted by molar-refractivity contribution is 5.80. The Morgan fingerprint density at radius 2 is 2.43 bits per heavy atom. The first kappa shape index (κ1) is 11.0. The maximum absolute atomic E-state index is 11.4. The lowest BCUT2D eigenvalue weighted by Crippen LogP contribution is -2.40. The fraction of sp³-hybridized carbons (Fsp3) is 0.800. The van der Waals surface area contributed by atoms with E-state index < -0.39 is 5.92 Å². The summed E-state index contributed by atoms with van der Waals surface area (Å²) in [6, 6.07) is 1.96. The van der Waals surface area contributed by atoms with Crippen LogP contribution in [0.25, 0.3) is 0 Å². The number of carbonyl (C=O) groups is 1. The van der Waals surface area contributed by atoms with Gasteiger partial charge in [-0.3, -0.25) is 4.79 Å². The van der Waals surface area contributed by atoms with Crippen molar-refractivity contribution >= 4 is 5.91 Å². The first-order valence-electron chi connectivity index (χ1n) is 5.00. The van der Waals surface area contributed by atoms with Crippen LogP contribution in [0.2, 0.25) is 0 Å². The van der Waals surface area contributed by atoms with E-state index in [2.05, 4.69) is 5.32 Å². The minimum Gasteiger partial charge on any atom is -0.396 e. The molecule has 0 aliphatic heterocycles. The topological polar surface area (TPSA) is 73.1 Å². The molecular formula is C10H16N2O2. The second-order valence-electron chi connectivity index (χ2n) is 3.84. The molecule has 0 aromatic carbocycles. The lowest BCUT2D eigenvalue weighted by Gasteiger charge is -2.19. The predicted molar refractivity (Wildman–Crippen MR) is 51.1 cm³/mol. The molecule has 0 aromatic heterocycles. The van der Waals surface area contributed by atoms with Crippen molar-refractivity contribution in [1.29, 1.82) is 5.26 Å². The SMILES string of the molecule is CC(C#N)C(=O)NC1CCCC1CO. The van der Waals surface area contributed by atoms with Crippen molar-refractivity contribution < 1.29 is 9.90 Å². The second kappa shape index (κ2) is 4.97. The van der Waals surface area contributed by atoms with Crippen LogP contribution in [0.15, 0.2) is 0 Å². The van der Waals surface area contributed by atoms with Gasteiger partial charge in [0.25, 0.3) is 0 Å². The predicted octanol–water partition coefficient (Wildman–Crippen LogP) is 0.423. The molecule has 1 aliphatic rings. The number of aliphatic hydroxyl groups is 1. The minimum atomic E-state index is -0.602. The second-order valence-corrected chi connectivity index (χ2v) is 3.84. The van der Waals surface area contributed by atoms with Crippen LogP contribution in [0.3, 0.4) is 0 Å². The van der Waals surface area contributed by atoms with Crippen LogP contribution in [0.1, 0.15) is 26.2 Å². The third kappa shape index (κ3) is 2.46. The summed E-state index contributed by atoms with van der Waals surface area (Å²) >= 11 is 0.